The molecule has 2 N–H and O–H groups in total. The van der Waals surface area contributed by atoms with Crippen molar-refractivity contribution in [3.8, 4) is 0 Å². The highest BCUT2D eigenvalue weighted by Crippen LogP contribution is 2.28. The summed E-state index contributed by atoms with van der Waals surface area (Å²) in [4.78, 5) is 32.9. The van der Waals surface area contributed by atoms with E-state index in [4.69, 9.17) is 5.11 Å². The molecule has 0 atom stereocenters. The molecule has 0 saturated carbocycles. The van der Waals surface area contributed by atoms with Crippen molar-refractivity contribution in [2.75, 3.05) is 5.32 Å². The highest BCUT2D eigenvalue weighted by Gasteiger charge is 2.19. The summed E-state index contributed by atoms with van der Waals surface area (Å²) in [5.41, 5.74) is -0.425. The SMILES string of the molecule is CC(C(=O)O)=C(C)C(=O)Nc1ccc(Br)cc1[N+](=O)[O-]. The Labute approximate surface area is 122 Å². The van der Waals surface area contributed by atoms with Gasteiger partial charge >= 0.3 is 5.97 Å². The number of nitro benzene ring substituents is 1. The Morgan fingerprint density at radius 2 is 1.90 bits per heavy atom. The Morgan fingerprint density at radius 1 is 1.30 bits per heavy atom. The fourth-order valence-electron chi connectivity index (χ4n) is 1.31. The number of hydrogen-bond donors (Lipinski definition) is 2. The van der Waals surface area contributed by atoms with E-state index in [0.717, 1.165) is 0 Å². The Morgan fingerprint density at radius 3 is 2.40 bits per heavy atom. The van der Waals surface area contributed by atoms with Gasteiger partial charge in [0.2, 0.25) is 0 Å². The highest BCUT2D eigenvalue weighted by atomic mass is 79.9. The molecule has 1 rings (SSSR count). The first-order valence-electron chi connectivity index (χ1n) is 5.40. The van der Waals surface area contributed by atoms with Crippen molar-refractivity contribution in [2.24, 2.45) is 0 Å². The van der Waals surface area contributed by atoms with Gasteiger partial charge in [0.15, 0.2) is 0 Å². The monoisotopic (exact) mass is 342 g/mol. The third-order valence-corrected chi connectivity index (χ3v) is 3.12. The standard InChI is InChI=1S/C12H11BrN2O5/c1-6(7(2)12(17)18)11(16)14-9-4-3-8(13)5-10(9)15(19)20/h3-5H,1-2H3,(H,14,16)(H,17,18). The molecule has 0 radical (unpaired) electrons. The molecule has 7 nitrogen and oxygen atoms in total. The fourth-order valence-corrected chi connectivity index (χ4v) is 1.66. The van der Waals surface area contributed by atoms with Crippen LogP contribution in [0.2, 0.25) is 0 Å². The van der Waals surface area contributed by atoms with Crippen LogP contribution in [0, 0.1) is 10.1 Å². The Balaban J connectivity index is 3.12. The van der Waals surface area contributed by atoms with E-state index in [2.05, 4.69) is 21.2 Å². The molecule has 0 bridgehead atoms. The van der Waals surface area contributed by atoms with Crippen LogP contribution in [0.3, 0.4) is 0 Å². The number of rotatable bonds is 4. The fraction of sp³-hybridized carbons (Fsp3) is 0.167. The van der Waals surface area contributed by atoms with E-state index in [-0.39, 0.29) is 22.5 Å². The number of carbonyl (C=O) groups excluding carboxylic acids is 1. The maximum atomic E-state index is 11.9. The molecule has 0 fully saturated rings. The number of nitrogens with zero attached hydrogens (tertiary/aromatic N) is 1. The van der Waals surface area contributed by atoms with Gasteiger partial charge in [-0.15, -0.1) is 0 Å². The first-order chi connectivity index (χ1) is 9.23. The summed E-state index contributed by atoms with van der Waals surface area (Å²) in [5, 5.41) is 22.0. The third kappa shape index (κ3) is 3.64. The Kier molecular flexibility index (Phi) is 4.98. The van der Waals surface area contributed by atoms with E-state index in [9.17, 15) is 19.7 Å². The molecule has 0 saturated heterocycles. The maximum Gasteiger partial charge on any atom is 0.331 e. The van der Waals surface area contributed by atoms with Gasteiger partial charge in [-0.25, -0.2) is 4.79 Å². The van der Waals surface area contributed by atoms with Crippen LogP contribution >= 0.6 is 15.9 Å². The molecule has 0 unspecified atom stereocenters. The number of carboxylic acid groups (broad SMARTS) is 1. The van der Waals surface area contributed by atoms with Crippen LogP contribution in [0.25, 0.3) is 0 Å². The van der Waals surface area contributed by atoms with E-state index in [1.165, 1.54) is 32.0 Å². The van der Waals surface area contributed by atoms with Gasteiger partial charge in [0.05, 0.1) is 4.92 Å². The number of carboxylic acids is 1. The number of halogens is 1. The molecular weight excluding hydrogens is 332 g/mol. The number of hydrogen-bond acceptors (Lipinski definition) is 4. The van der Waals surface area contributed by atoms with E-state index in [0.29, 0.717) is 4.47 Å². The van der Waals surface area contributed by atoms with Crippen LogP contribution in [-0.2, 0) is 9.59 Å². The highest BCUT2D eigenvalue weighted by molar-refractivity contribution is 9.10. The van der Waals surface area contributed by atoms with Crippen LogP contribution < -0.4 is 5.32 Å². The van der Waals surface area contributed by atoms with E-state index >= 15 is 0 Å². The van der Waals surface area contributed by atoms with Crippen molar-refractivity contribution in [1.82, 2.24) is 0 Å². The van der Waals surface area contributed by atoms with E-state index in [1.807, 2.05) is 0 Å². The molecule has 0 heterocycles. The van der Waals surface area contributed by atoms with Crippen LogP contribution in [0.1, 0.15) is 13.8 Å². The normalized spacial score (nSPS) is 11.6. The lowest BCUT2D eigenvalue weighted by Crippen LogP contribution is -2.17. The van der Waals surface area contributed by atoms with Gasteiger partial charge in [0.1, 0.15) is 5.69 Å². The van der Waals surface area contributed by atoms with Crippen LogP contribution in [0.4, 0.5) is 11.4 Å². The molecule has 0 aromatic heterocycles. The minimum atomic E-state index is -1.22. The molecule has 1 amide bonds. The molecule has 0 aliphatic carbocycles. The van der Waals surface area contributed by atoms with Crippen molar-refractivity contribution in [3.05, 3.63) is 43.9 Å². The molecule has 0 aliphatic rings. The van der Waals surface area contributed by atoms with Crippen molar-refractivity contribution in [3.63, 3.8) is 0 Å². The average Bonchev–Trinajstić information content (AvgIpc) is 2.38. The van der Waals surface area contributed by atoms with Crippen LogP contribution in [-0.4, -0.2) is 21.9 Å². The summed E-state index contributed by atoms with van der Waals surface area (Å²) in [7, 11) is 0. The molecular formula is C12H11BrN2O5. The Hall–Kier alpha value is -2.22. The van der Waals surface area contributed by atoms with Gasteiger partial charge in [-0.2, -0.15) is 0 Å². The zero-order chi connectivity index (χ0) is 15.4. The average molecular weight is 343 g/mol. The summed E-state index contributed by atoms with van der Waals surface area (Å²) in [6, 6.07) is 4.15. The zero-order valence-electron chi connectivity index (χ0n) is 10.6. The lowest BCUT2D eigenvalue weighted by atomic mass is 10.1. The molecule has 20 heavy (non-hydrogen) atoms. The second-order valence-electron chi connectivity index (χ2n) is 3.93. The molecule has 0 aliphatic heterocycles. The van der Waals surface area contributed by atoms with Gasteiger partial charge < -0.3 is 10.4 Å². The van der Waals surface area contributed by atoms with Gasteiger partial charge in [-0.05, 0) is 26.0 Å². The number of benzene rings is 1. The summed E-state index contributed by atoms with van der Waals surface area (Å²) >= 11 is 3.10. The number of amides is 1. The topological polar surface area (TPSA) is 110 Å². The zero-order valence-corrected chi connectivity index (χ0v) is 12.2. The van der Waals surface area contributed by atoms with Crippen molar-refractivity contribution in [2.45, 2.75) is 13.8 Å². The van der Waals surface area contributed by atoms with Gasteiger partial charge in [0, 0.05) is 21.7 Å². The summed E-state index contributed by atoms with van der Waals surface area (Å²) < 4.78 is 0.496. The third-order valence-electron chi connectivity index (χ3n) is 2.63. The largest absolute Gasteiger partial charge is 0.478 e. The van der Waals surface area contributed by atoms with Crippen LogP contribution in [0.5, 0.6) is 0 Å². The van der Waals surface area contributed by atoms with Gasteiger partial charge in [-0.3, -0.25) is 14.9 Å². The lowest BCUT2D eigenvalue weighted by Gasteiger charge is -2.07. The van der Waals surface area contributed by atoms with E-state index in [1.54, 1.807) is 0 Å². The van der Waals surface area contributed by atoms with E-state index < -0.39 is 16.8 Å². The Bertz CT molecular complexity index is 624. The molecule has 1 aromatic carbocycles. The number of nitro groups is 1. The van der Waals surface area contributed by atoms with Gasteiger partial charge in [-0.1, -0.05) is 15.9 Å². The second-order valence-corrected chi connectivity index (χ2v) is 4.84. The number of carbonyl (C=O) groups is 2. The lowest BCUT2D eigenvalue weighted by molar-refractivity contribution is -0.384. The summed E-state index contributed by atoms with van der Waals surface area (Å²) in [6.07, 6.45) is 0. The molecule has 8 heteroatoms. The minimum absolute atomic E-state index is 0.000684. The summed E-state index contributed by atoms with van der Waals surface area (Å²) in [5.74, 6) is -1.92. The number of nitrogens with one attached hydrogen (secondary N) is 1. The first-order valence-corrected chi connectivity index (χ1v) is 6.19. The smallest absolute Gasteiger partial charge is 0.331 e. The number of aliphatic carboxylic acids is 1. The van der Waals surface area contributed by atoms with Gasteiger partial charge in [0.25, 0.3) is 11.6 Å². The molecule has 0 spiro atoms. The second kappa shape index (κ2) is 6.29. The minimum Gasteiger partial charge on any atom is -0.478 e. The maximum absolute atomic E-state index is 11.9. The quantitative estimate of drug-likeness (QED) is 0.496. The van der Waals surface area contributed by atoms with Crippen molar-refractivity contribution in [1.29, 1.82) is 0 Å². The van der Waals surface area contributed by atoms with Crippen LogP contribution in [0.15, 0.2) is 33.8 Å². The van der Waals surface area contributed by atoms with Crippen molar-refractivity contribution >= 4 is 39.2 Å². The molecule has 1 aromatic rings. The molecule has 106 valence electrons. The first kappa shape index (κ1) is 15.8. The summed E-state index contributed by atoms with van der Waals surface area (Å²) in [6.45, 7) is 2.62. The number of anilines is 1. The predicted molar refractivity (Wildman–Crippen MR) is 75.4 cm³/mol. The van der Waals surface area contributed by atoms with Crippen molar-refractivity contribution < 1.29 is 19.6 Å². The predicted octanol–water partition coefficient (Wildman–Crippen LogP) is 2.72.